The largest absolute Gasteiger partial charge is 0.493 e. The molecule has 0 saturated carbocycles. The number of nitrogens with one attached hydrogen (secondary N) is 1. The maximum Gasteiger partial charge on any atom is 0.161 e. The van der Waals surface area contributed by atoms with Crippen LogP contribution >= 0.6 is 0 Å². The van der Waals surface area contributed by atoms with Crippen molar-refractivity contribution >= 4 is 16.6 Å². The molecule has 0 aliphatic carbocycles. The summed E-state index contributed by atoms with van der Waals surface area (Å²) in [4.78, 5) is 4.37. The van der Waals surface area contributed by atoms with Gasteiger partial charge in [0, 0.05) is 24.7 Å². The van der Waals surface area contributed by atoms with E-state index >= 15 is 0 Å². The molecule has 0 saturated heterocycles. The third kappa shape index (κ3) is 3.11. The van der Waals surface area contributed by atoms with Gasteiger partial charge in [-0.05, 0) is 36.4 Å². The SMILES string of the molecule is COc1cc2ccnc(NCCCCO)c2cc1OC. The minimum atomic E-state index is 0.218. The molecule has 1 aromatic heterocycles. The lowest BCUT2D eigenvalue weighted by atomic mass is 10.1. The Bertz CT molecular complexity index is 572. The van der Waals surface area contributed by atoms with E-state index in [0.717, 1.165) is 36.0 Å². The Hall–Kier alpha value is -2.01. The van der Waals surface area contributed by atoms with E-state index in [1.54, 1.807) is 20.4 Å². The van der Waals surface area contributed by atoms with Crippen LogP contribution < -0.4 is 14.8 Å². The number of anilines is 1. The Kier molecular flexibility index (Phi) is 5.01. The van der Waals surface area contributed by atoms with E-state index in [1.165, 1.54) is 0 Å². The van der Waals surface area contributed by atoms with Gasteiger partial charge in [0.05, 0.1) is 14.2 Å². The number of methoxy groups -OCH3 is 2. The molecule has 0 amide bonds. The van der Waals surface area contributed by atoms with Gasteiger partial charge in [0.15, 0.2) is 11.5 Å². The first kappa shape index (κ1) is 14.4. The van der Waals surface area contributed by atoms with Crippen molar-refractivity contribution in [1.82, 2.24) is 4.98 Å². The number of nitrogens with zero attached hydrogens (tertiary/aromatic N) is 1. The number of aromatic nitrogens is 1. The number of rotatable bonds is 7. The normalized spacial score (nSPS) is 10.6. The summed E-state index contributed by atoms with van der Waals surface area (Å²) in [6, 6.07) is 5.81. The molecule has 108 valence electrons. The molecule has 1 heterocycles. The van der Waals surface area contributed by atoms with Crippen LogP contribution in [0.4, 0.5) is 5.82 Å². The Morgan fingerprint density at radius 1 is 1.15 bits per heavy atom. The highest BCUT2D eigenvalue weighted by Gasteiger charge is 2.09. The number of benzene rings is 1. The van der Waals surface area contributed by atoms with Gasteiger partial charge >= 0.3 is 0 Å². The van der Waals surface area contributed by atoms with Crippen molar-refractivity contribution in [1.29, 1.82) is 0 Å². The zero-order valence-electron chi connectivity index (χ0n) is 11.8. The summed E-state index contributed by atoms with van der Waals surface area (Å²) >= 11 is 0. The number of hydrogen-bond acceptors (Lipinski definition) is 5. The summed E-state index contributed by atoms with van der Waals surface area (Å²) in [6.45, 7) is 0.997. The zero-order valence-corrected chi connectivity index (χ0v) is 11.8. The molecule has 20 heavy (non-hydrogen) atoms. The molecule has 2 N–H and O–H groups in total. The molecule has 0 unspecified atom stereocenters. The van der Waals surface area contributed by atoms with Crippen molar-refractivity contribution in [2.24, 2.45) is 0 Å². The number of fused-ring (bicyclic) bond motifs is 1. The van der Waals surface area contributed by atoms with Gasteiger partial charge in [-0.2, -0.15) is 0 Å². The minimum Gasteiger partial charge on any atom is -0.493 e. The lowest BCUT2D eigenvalue weighted by Crippen LogP contribution is -2.04. The highest BCUT2D eigenvalue weighted by Crippen LogP contribution is 2.34. The molecule has 5 nitrogen and oxygen atoms in total. The molecule has 2 aromatic rings. The van der Waals surface area contributed by atoms with Crippen molar-refractivity contribution in [3.8, 4) is 11.5 Å². The highest BCUT2D eigenvalue weighted by atomic mass is 16.5. The van der Waals surface area contributed by atoms with Gasteiger partial charge in [0.25, 0.3) is 0 Å². The maximum atomic E-state index is 8.79. The number of ether oxygens (including phenoxy) is 2. The third-order valence-electron chi connectivity index (χ3n) is 3.15. The van der Waals surface area contributed by atoms with Crippen molar-refractivity contribution in [2.75, 3.05) is 32.7 Å². The van der Waals surface area contributed by atoms with E-state index in [-0.39, 0.29) is 6.61 Å². The Labute approximate surface area is 118 Å². The van der Waals surface area contributed by atoms with Crippen molar-refractivity contribution in [2.45, 2.75) is 12.8 Å². The minimum absolute atomic E-state index is 0.218. The van der Waals surface area contributed by atoms with Crippen LogP contribution in [0.25, 0.3) is 10.8 Å². The Morgan fingerprint density at radius 3 is 2.60 bits per heavy atom. The van der Waals surface area contributed by atoms with Crippen LogP contribution in [0.3, 0.4) is 0 Å². The van der Waals surface area contributed by atoms with Gasteiger partial charge in [-0.25, -0.2) is 4.98 Å². The van der Waals surface area contributed by atoms with Crippen LogP contribution in [0, 0.1) is 0 Å². The summed E-state index contributed by atoms with van der Waals surface area (Å²) in [5, 5.41) is 14.1. The standard InChI is InChI=1S/C15H20N2O3/c1-19-13-9-11-5-7-17-15(16-6-3-4-8-18)12(11)10-14(13)20-2/h5,7,9-10,18H,3-4,6,8H2,1-2H3,(H,16,17). The Morgan fingerprint density at radius 2 is 1.90 bits per heavy atom. The number of unbranched alkanes of at least 4 members (excludes halogenated alkanes) is 1. The Balaban J connectivity index is 2.30. The molecule has 0 bridgehead atoms. The van der Waals surface area contributed by atoms with E-state index in [1.807, 2.05) is 18.2 Å². The van der Waals surface area contributed by atoms with E-state index in [0.29, 0.717) is 11.5 Å². The first-order chi connectivity index (χ1) is 9.80. The molecule has 5 heteroatoms. The summed E-state index contributed by atoms with van der Waals surface area (Å²) in [5.74, 6) is 2.21. The maximum absolute atomic E-state index is 8.79. The summed E-state index contributed by atoms with van der Waals surface area (Å²) in [6.07, 6.45) is 3.46. The lowest BCUT2D eigenvalue weighted by molar-refractivity contribution is 0.286. The predicted molar refractivity (Wildman–Crippen MR) is 79.7 cm³/mol. The first-order valence-electron chi connectivity index (χ1n) is 6.65. The van der Waals surface area contributed by atoms with Gasteiger partial charge in [0.2, 0.25) is 0 Å². The number of aliphatic hydroxyl groups excluding tert-OH is 1. The van der Waals surface area contributed by atoms with Crippen molar-refractivity contribution in [3.63, 3.8) is 0 Å². The topological polar surface area (TPSA) is 63.6 Å². The zero-order chi connectivity index (χ0) is 14.4. The van der Waals surface area contributed by atoms with Crippen LogP contribution in [0.15, 0.2) is 24.4 Å². The number of hydrogen-bond donors (Lipinski definition) is 2. The van der Waals surface area contributed by atoms with Crippen molar-refractivity contribution in [3.05, 3.63) is 24.4 Å². The van der Waals surface area contributed by atoms with Crippen LogP contribution in [0.2, 0.25) is 0 Å². The first-order valence-corrected chi connectivity index (χ1v) is 6.65. The molecular weight excluding hydrogens is 256 g/mol. The number of pyridine rings is 1. The predicted octanol–water partition coefficient (Wildman–Crippen LogP) is 2.44. The van der Waals surface area contributed by atoms with Gasteiger partial charge in [-0.15, -0.1) is 0 Å². The van der Waals surface area contributed by atoms with Gasteiger partial charge in [-0.3, -0.25) is 0 Å². The van der Waals surface area contributed by atoms with Gasteiger partial charge in [0.1, 0.15) is 5.82 Å². The van der Waals surface area contributed by atoms with E-state index in [2.05, 4.69) is 10.3 Å². The van der Waals surface area contributed by atoms with Gasteiger partial charge < -0.3 is 19.9 Å². The second-order valence-corrected chi connectivity index (χ2v) is 4.45. The average Bonchev–Trinajstić information content (AvgIpc) is 2.50. The molecule has 0 aliphatic rings. The van der Waals surface area contributed by atoms with E-state index in [9.17, 15) is 0 Å². The van der Waals surface area contributed by atoms with Crippen LogP contribution in [-0.4, -0.2) is 37.5 Å². The van der Waals surface area contributed by atoms with E-state index < -0.39 is 0 Å². The second kappa shape index (κ2) is 6.96. The third-order valence-corrected chi connectivity index (χ3v) is 3.15. The van der Waals surface area contributed by atoms with Crippen LogP contribution in [-0.2, 0) is 0 Å². The number of aliphatic hydroxyl groups is 1. The second-order valence-electron chi connectivity index (χ2n) is 4.45. The molecular formula is C15H20N2O3. The van der Waals surface area contributed by atoms with Gasteiger partial charge in [-0.1, -0.05) is 0 Å². The fourth-order valence-corrected chi connectivity index (χ4v) is 2.08. The summed E-state index contributed by atoms with van der Waals surface area (Å²) in [5.41, 5.74) is 0. The van der Waals surface area contributed by atoms with Crippen LogP contribution in [0.5, 0.6) is 11.5 Å². The van der Waals surface area contributed by atoms with E-state index in [4.69, 9.17) is 14.6 Å². The summed E-state index contributed by atoms with van der Waals surface area (Å²) < 4.78 is 10.6. The summed E-state index contributed by atoms with van der Waals surface area (Å²) in [7, 11) is 3.24. The lowest BCUT2D eigenvalue weighted by Gasteiger charge is -2.12. The monoisotopic (exact) mass is 276 g/mol. The molecule has 0 spiro atoms. The van der Waals surface area contributed by atoms with Crippen LogP contribution in [0.1, 0.15) is 12.8 Å². The highest BCUT2D eigenvalue weighted by molar-refractivity contribution is 5.94. The molecule has 0 fully saturated rings. The fourth-order valence-electron chi connectivity index (χ4n) is 2.08. The molecule has 0 aliphatic heterocycles. The molecule has 0 radical (unpaired) electrons. The average molecular weight is 276 g/mol. The molecule has 0 atom stereocenters. The van der Waals surface area contributed by atoms with Crippen molar-refractivity contribution < 1.29 is 14.6 Å². The molecule has 1 aromatic carbocycles. The fraction of sp³-hybridized carbons (Fsp3) is 0.400. The smallest absolute Gasteiger partial charge is 0.161 e. The molecule has 2 rings (SSSR count). The quantitative estimate of drug-likeness (QED) is 0.760.